The maximum absolute atomic E-state index is 15.2. The quantitative estimate of drug-likeness (QED) is 0.369. The molecule has 1 fully saturated rings. The van der Waals surface area contributed by atoms with E-state index in [0.29, 0.717) is 25.9 Å². The van der Waals surface area contributed by atoms with Crippen molar-refractivity contribution in [1.82, 2.24) is 20.3 Å². The van der Waals surface area contributed by atoms with Crippen molar-refractivity contribution in [2.45, 2.75) is 85.5 Å². The van der Waals surface area contributed by atoms with Gasteiger partial charge in [0, 0.05) is 19.5 Å². The zero-order valence-corrected chi connectivity index (χ0v) is 24.9. The Labute approximate surface area is 238 Å². The molecule has 3 heterocycles. The van der Waals surface area contributed by atoms with E-state index in [1.165, 1.54) is 0 Å². The lowest BCUT2D eigenvalue weighted by Crippen LogP contribution is -2.45. The van der Waals surface area contributed by atoms with Crippen molar-refractivity contribution >= 4 is 40.3 Å². The first-order chi connectivity index (χ1) is 18.9. The van der Waals surface area contributed by atoms with Crippen LogP contribution in [0, 0.1) is 11.2 Å². The highest BCUT2D eigenvalue weighted by Gasteiger charge is 2.52. The molecule has 2 unspecified atom stereocenters. The molecular formula is C27H39ClFN5O6. The highest BCUT2D eigenvalue weighted by atomic mass is 35.5. The Bertz CT molecular complexity index is 1220. The third-order valence-electron chi connectivity index (χ3n) is 6.11. The number of hydrogen-bond donors (Lipinski definition) is 2. The second kappa shape index (κ2) is 13.1. The SMILES string of the molecule is CC.CCOC(=O)C1(COc2nc3c4c(nc(Cl)c(F)c4n2)OC(C)CC(C(=O)OC(C)(C)C)NCCN3)CC1. The molecule has 2 aliphatic rings. The second-order valence-electron chi connectivity index (χ2n) is 10.5. The number of carbonyl (C=O) groups is 2. The van der Waals surface area contributed by atoms with E-state index in [-0.39, 0.29) is 54.2 Å². The van der Waals surface area contributed by atoms with Gasteiger partial charge in [0.25, 0.3) is 0 Å². The summed E-state index contributed by atoms with van der Waals surface area (Å²) < 4.78 is 37.7. The molecule has 0 aromatic carbocycles. The van der Waals surface area contributed by atoms with Gasteiger partial charge in [-0.1, -0.05) is 25.4 Å². The van der Waals surface area contributed by atoms with Crippen molar-refractivity contribution < 1.29 is 32.9 Å². The number of nitrogens with one attached hydrogen (secondary N) is 2. The molecule has 4 rings (SSSR count). The molecule has 2 aromatic heterocycles. The molecule has 2 aromatic rings. The molecular weight excluding hydrogens is 545 g/mol. The Morgan fingerprint density at radius 3 is 2.50 bits per heavy atom. The van der Waals surface area contributed by atoms with E-state index in [2.05, 4.69) is 25.6 Å². The highest BCUT2D eigenvalue weighted by Crippen LogP contribution is 2.47. The van der Waals surface area contributed by atoms with Crippen LogP contribution < -0.4 is 20.1 Å². The minimum atomic E-state index is -0.858. The van der Waals surface area contributed by atoms with Gasteiger partial charge in [-0.25, -0.2) is 4.39 Å². The predicted molar refractivity (Wildman–Crippen MR) is 148 cm³/mol. The van der Waals surface area contributed by atoms with Crippen LogP contribution in [-0.2, 0) is 19.1 Å². The van der Waals surface area contributed by atoms with E-state index >= 15 is 4.39 Å². The largest absolute Gasteiger partial charge is 0.474 e. The second-order valence-corrected chi connectivity index (χ2v) is 10.9. The summed E-state index contributed by atoms with van der Waals surface area (Å²) >= 11 is 6.10. The Hall–Kier alpha value is -2.99. The van der Waals surface area contributed by atoms with Crippen LogP contribution in [0.2, 0.25) is 5.15 Å². The Kier molecular flexibility index (Phi) is 10.3. The van der Waals surface area contributed by atoms with Crippen LogP contribution in [-0.4, -0.2) is 70.9 Å². The fourth-order valence-electron chi connectivity index (χ4n) is 4.05. The summed E-state index contributed by atoms with van der Waals surface area (Å²) in [5.41, 5.74) is -1.55. The monoisotopic (exact) mass is 583 g/mol. The number of rotatable bonds is 6. The van der Waals surface area contributed by atoms with E-state index in [4.69, 9.17) is 30.5 Å². The Morgan fingerprint density at radius 1 is 1.18 bits per heavy atom. The van der Waals surface area contributed by atoms with Gasteiger partial charge in [0.1, 0.15) is 40.4 Å². The van der Waals surface area contributed by atoms with E-state index in [0.717, 1.165) is 0 Å². The standard InChI is InChI=1S/C25H33ClFN5O6.C2H6/c1-6-35-22(34)25(7-8-25)12-36-23-30-17-15-19(32-23)29-10-9-28-14(21(33)38-24(3,4)5)11-13(2)37-20(15)31-18(26)16(17)27;1-2/h13-14,28H,6-12H2,1-5H3,(H,29,30,32);1-2H3. The smallest absolute Gasteiger partial charge is 0.323 e. The molecule has 0 saturated heterocycles. The third-order valence-corrected chi connectivity index (χ3v) is 6.36. The average molecular weight is 584 g/mol. The molecule has 222 valence electrons. The number of hydrogen-bond acceptors (Lipinski definition) is 11. The number of ether oxygens (including phenoxy) is 4. The highest BCUT2D eigenvalue weighted by molar-refractivity contribution is 6.30. The summed E-state index contributed by atoms with van der Waals surface area (Å²) in [6.45, 7) is 13.8. The van der Waals surface area contributed by atoms with Crippen LogP contribution >= 0.6 is 11.6 Å². The average Bonchev–Trinajstić information content (AvgIpc) is 3.69. The summed E-state index contributed by atoms with van der Waals surface area (Å²) in [7, 11) is 0. The van der Waals surface area contributed by atoms with Gasteiger partial charge >= 0.3 is 17.9 Å². The lowest BCUT2D eigenvalue weighted by molar-refractivity contribution is -0.158. The van der Waals surface area contributed by atoms with Gasteiger partial charge in [-0.2, -0.15) is 15.0 Å². The Balaban J connectivity index is 0.00000216. The lowest BCUT2D eigenvalue weighted by Gasteiger charge is -2.26. The predicted octanol–water partition coefficient (Wildman–Crippen LogP) is 4.45. The molecule has 2 atom stereocenters. The van der Waals surface area contributed by atoms with Gasteiger partial charge in [-0.15, -0.1) is 0 Å². The van der Waals surface area contributed by atoms with Crippen LogP contribution in [0.1, 0.15) is 67.7 Å². The molecule has 1 aliphatic carbocycles. The molecule has 0 radical (unpaired) electrons. The number of esters is 2. The first kappa shape index (κ1) is 31.5. The van der Waals surface area contributed by atoms with Gasteiger partial charge in [0.05, 0.1) is 12.7 Å². The van der Waals surface area contributed by atoms with Crippen molar-refractivity contribution in [2.75, 3.05) is 31.6 Å². The summed E-state index contributed by atoms with van der Waals surface area (Å²) in [4.78, 5) is 37.9. The topological polar surface area (TPSA) is 134 Å². The zero-order chi connectivity index (χ0) is 29.7. The molecule has 11 nitrogen and oxygen atoms in total. The Morgan fingerprint density at radius 2 is 1.88 bits per heavy atom. The van der Waals surface area contributed by atoms with Crippen molar-refractivity contribution in [2.24, 2.45) is 5.41 Å². The number of aromatic nitrogens is 3. The first-order valence-corrected chi connectivity index (χ1v) is 14.0. The molecule has 0 spiro atoms. The van der Waals surface area contributed by atoms with Gasteiger partial charge in [-0.05, 0) is 47.5 Å². The fraction of sp³-hybridized carbons (Fsp3) is 0.667. The minimum absolute atomic E-state index is 0.00324. The minimum Gasteiger partial charge on any atom is -0.474 e. The molecule has 2 N–H and O–H groups in total. The van der Waals surface area contributed by atoms with Gasteiger partial charge < -0.3 is 29.6 Å². The molecule has 0 bridgehead atoms. The van der Waals surface area contributed by atoms with Crippen molar-refractivity contribution in [1.29, 1.82) is 0 Å². The van der Waals surface area contributed by atoms with E-state index in [1.807, 2.05) is 13.8 Å². The first-order valence-electron chi connectivity index (χ1n) is 13.7. The fourth-order valence-corrected chi connectivity index (χ4v) is 4.22. The van der Waals surface area contributed by atoms with Crippen LogP contribution in [0.5, 0.6) is 11.9 Å². The summed E-state index contributed by atoms with van der Waals surface area (Å²) in [6, 6.07) is -0.786. The lowest BCUT2D eigenvalue weighted by atomic mass is 10.1. The number of nitrogens with zero attached hydrogens (tertiary/aromatic N) is 3. The van der Waals surface area contributed by atoms with E-state index < -0.39 is 40.1 Å². The van der Waals surface area contributed by atoms with Crippen molar-refractivity contribution in [3.63, 3.8) is 0 Å². The normalized spacial score (nSPS) is 20.0. The maximum atomic E-state index is 15.2. The summed E-state index contributed by atoms with van der Waals surface area (Å²) in [6.07, 6.45) is 0.975. The number of pyridine rings is 1. The molecule has 13 heteroatoms. The van der Waals surface area contributed by atoms with Crippen molar-refractivity contribution in [3.8, 4) is 11.9 Å². The van der Waals surface area contributed by atoms with Gasteiger partial charge in [0.15, 0.2) is 11.0 Å². The van der Waals surface area contributed by atoms with Crippen LogP contribution in [0.25, 0.3) is 10.9 Å². The van der Waals surface area contributed by atoms with E-state index in [9.17, 15) is 9.59 Å². The van der Waals surface area contributed by atoms with Crippen LogP contribution in [0.15, 0.2) is 0 Å². The molecule has 1 aliphatic heterocycles. The molecule has 0 amide bonds. The van der Waals surface area contributed by atoms with Crippen LogP contribution in [0.4, 0.5) is 10.2 Å². The summed E-state index contributed by atoms with van der Waals surface area (Å²) in [5, 5.41) is 6.06. The van der Waals surface area contributed by atoms with Gasteiger partial charge in [-0.3, -0.25) is 9.59 Å². The summed E-state index contributed by atoms with van der Waals surface area (Å²) in [5.74, 6) is -1.38. The molecule has 40 heavy (non-hydrogen) atoms. The van der Waals surface area contributed by atoms with E-state index in [1.54, 1.807) is 34.6 Å². The third kappa shape index (κ3) is 7.60. The van der Waals surface area contributed by atoms with Gasteiger partial charge in [0.2, 0.25) is 5.88 Å². The van der Waals surface area contributed by atoms with Crippen LogP contribution in [0.3, 0.4) is 0 Å². The number of halogens is 2. The number of carbonyl (C=O) groups excluding carboxylic acids is 2. The van der Waals surface area contributed by atoms with Crippen molar-refractivity contribution in [3.05, 3.63) is 11.0 Å². The molecule has 1 saturated carbocycles. The number of anilines is 1. The zero-order valence-electron chi connectivity index (χ0n) is 24.2. The maximum Gasteiger partial charge on any atom is 0.323 e.